The molecule has 0 unspecified atom stereocenters. The molecule has 1 aromatic carbocycles. The third-order valence-corrected chi connectivity index (χ3v) is 2.53. The average molecular weight is 226 g/mol. The molecule has 2 aromatic rings. The Morgan fingerprint density at radius 1 is 1.35 bits per heavy atom. The molecule has 1 aromatic heterocycles. The van der Waals surface area contributed by atoms with Crippen molar-refractivity contribution in [2.75, 3.05) is 18.4 Å². The molecule has 0 bridgehead atoms. The number of anilines is 1. The second-order valence-corrected chi connectivity index (χ2v) is 3.76. The number of rotatable bonds is 4. The van der Waals surface area contributed by atoms with Crippen molar-refractivity contribution < 1.29 is 0 Å². The van der Waals surface area contributed by atoms with E-state index in [0.29, 0.717) is 12.2 Å². The molecule has 0 atom stereocenters. The van der Waals surface area contributed by atoms with Crippen molar-refractivity contribution in [2.45, 2.75) is 6.42 Å². The van der Waals surface area contributed by atoms with Crippen LogP contribution in [0.4, 0.5) is 5.69 Å². The fourth-order valence-corrected chi connectivity index (χ4v) is 1.66. The number of aromatic nitrogens is 1. The number of nitrogens with one attached hydrogen (secondary N) is 1. The molecule has 0 saturated heterocycles. The van der Waals surface area contributed by atoms with E-state index in [-0.39, 0.29) is 0 Å². The van der Waals surface area contributed by atoms with Gasteiger partial charge in [-0.3, -0.25) is 0 Å². The second-order valence-electron chi connectivity index (χ2n) is 3.76. The largest absolute Gasteiger partial charge is 0.383 e. The molecule has 1 heterocycles. The summed E-state index contributed by atoms with van der Waals surface area (Å²) >= 11 is 0. The van der Waals surface area contributed by atoms with Gasteiger partial charge in [0, 0.05) is 11.9 Å². The van der Waals surface area contributed by atoms with Crippen LogP contribution >= 0.6 is 0 Å². The SMILES string of the molecule is N#Cc1nc2ccccc2cc1NCCCN. The smallest absolute Gasteiger partial charge is 0.164 e. The molecule has 4 heteroatoms. The number of hydrogen-bond acceptors (Lipinski definition) is 4. The lowest BCUT2D eigenvalue weighted by molar-refractivity contribution is 0.873. The molecule has 0 fully saturated rings. The zero-order valence-corrected chi connectivity index (χ0v) is 9.48. The maximum absolute atomic E-state index is 9.06. The normalized spacial score (nSPS) is 10.1. The molecule has 0 aliphatic heterocycles. The van der Waals surface area contributed by atoms with Gasteiger partial charge in [-0.2, -0.15) is 5.26 Å². The van der Waals surface area contributed by atoms with Gasteiger partial charge < -0.3 is 11.1 Å². The third kappa shape index (κ3) is 2.52. The maximum atomic E-state index is 9.06. The molecule has 0 aliphatic rings. The Hall–Kier alpha value is -2.12. The predicted molar refractivity (Wildman–Crippen MR) is 68.6 cm³/mol. The van der Waals surface area contributed by atoms with Crippen LogP contribution in [-0.2, 0) is 0 Å². The van der Waals surface area contributed by atoms with E-state index in [9.17, 15) is 0 Å². The number of nitrogens with two attached hydrogens (primary N) is 1. The van der Waals surface area contributed by atoms with Crippen LogP contribution in [0.1, 0.15) is 12.1 Å². The first-order valence-corrected chi connectivity index (χ1v) is 5.59. The van der Waals surface area contributed by atoms with E-state index in [1.807, 2.05) is 30.3 Å². The Bertz CT molecular complexity index is 557. The van der Waals surface area contributed by atoms with Gasteiger partial charge in [-0.15, -0.1) is 0 Å². The van der Waals surface area contributed by atoms with Crippen molar-refractivity contribution >= 4 is 16.6 Å². The van der Waals surface area contributed by atoms with Gasteiger partial charge in [-0.25, -0.2) is 4.98 Å². The average Bonchev–Trinajstić information content (AvgIpc) is 2.38. The summed E-state index contributed by atoms with van der Waals surface area (Å²) in [5.41, 5.74) is 7.48. The standard InChI is InChI=1S/C13H14N4/c14-6-3-7-16-12-8-10-4-1-2-5-11(10)17-13(12)9-15/h1-2,4-5,8,16H,3,6-7,14H2. The summed E-state index contributed by atoms with van der Waals surface area (Å²) in [6.07, 6.45) is 0.873. The number of nitrogens with zero attached hydrogens (tertiary/aromatic N) is 2. The van der Waals surface area contributed by atoms with Crippen molar-refractivity contribution in [1.29, 1.82) is 5.26 Å². The highest BCUT2D eigenvalue weighted by atomic mass is 14.9. The van der Waals surface area contributed by atoms with Crippen molar-refractivity contribution in [1.82, 2.24) is 4.98 Å². The number of para-hydroxylation sites is 1. The fraction of sp³-hybridized carbons (Fsp3) is 0.231. The van der Waals surface area contributed by atoms with Gasteiger partial charge in [0.2, 0.25) is 0 Å². The fourth-order valence-electron chi connectivity index (χ4n) is 1.66. The lowest BCUT2D eigenvalue weighted by Gasteiger charge is -2.08. The van der Waals surface area contributed by atoms with E-state index in [1.165, 1.54) is 0 Å². The first-order chi connectivity index (χ1) is 8.35. The molecule has 86 valence electrons. The van der Waals surface area contributed by atoms with Gasteiger partial charge in [-0.1, -0.05) is 18.2 Å². The Morgan fingerprint density at radius 2 is 2.18 bits per heavy atom. The van der Waals surface area contributed by atoms with Crippen LogP contribution in [0.25, 0.3) is 10.9 Å². The Kier molecular flexibility index (Phi) is 3.53. The van der Waals surface area contributed by atoms with Crippen LogP contribution < -0.4 is 11.1 Å². The minimum atomic E-state index is 0.431. The monoisotopic (exact) mass is 226 g/mol. The second kappa shape index (κ2) is 5.28. The first-order valence-electron chi connectivity index (χ1n) is 5.59. The first kappa shape index (κ1) is 11.4. The van der Waals surface area contributed by atoms with E-state index < -0.39 is 0 Å². The molecule has 17 heavy (non-hydrogen) atoms. The number of pyridine rings is 1. The van der Waals surface area contributed by atoms with Crippen LogP contribution in [0.5, 0.6) is 0 Å². The number of hydrogen-bond donors (Lipinski definition) is 2. The van der Waals surface area contributed by atoms with Crippen LogP contribution in [0, 0.1) is 11.3 Å². The highest BCUT2D eigenvalue weighted by Crippen LogP contribution is 2.20. The summed E-state index contributed by atoms with van der Waals surface area (Å²) in [4.78, 5) is 4.32. The summed E-state index contributed by atoms with van der Waals surface area (Å²) in [7, 11) is 0. The van der Waals surface area contributed by atoms with E-state index in [2.05, 4.69) is 16.4 Å². The Labute approximate surface area is 100 Å². The minimum Gasteiger partial charge on any atom is -0.383 e. The topological polar surface area (TPSA) is 74.7 Å². The molecular weight excluding hydrogens is 212 g/mol. The van der Waals surface area contributed by atoms with E-state index in [1.54, 1.807) is 0 Å². The summed E-state index contributed by atoms with van der Waals surface area (Å²) in [6.45, 7) is 1.39. The minimum absolute atomic E-state index is 0.431. The number of fused-ring (bicyclic) bond motifs is 1. The van der Waals surface area contributed by atoms with Crippen molar-refractivity contribution in [2.24, 2.45) is 5.73 Å². The van der Waals surface area contributed by atoms with E-state index >= 15 is 0 Å². The van der Waals surface area contributed by atoms with Gasteiger partial charge in [0.1, 0.15) is 6.07 Å². The third-order valence-electron chi connectivity index (χ3n) is 2.53. The predicted octanol–water partition coefficient (Wildman–Crippen LogP) is 1.87. The van der Waals surface area contributed by atoms with Crippen LogP contribution in [-0.4, -0.2) is 18.1 Å². The Balaban J connectivity index is 2.36. The molecule has 3 N–H and O–H groups in total. The van der Waals surface area contributed by atoms with Crippen LogP contribution in [0.2, 0.25) is 0 Å². The zero-order valence-electron chi connectivity index (χ0n) is 9.48. The molecule has 4 nitrogen and oxygen atoms in total. The number of nitriles is 1. The molecule has 0 radical (unpaired) electrons. The molecule has 0 aliphatic carbocycles. The highest BCUT2D eigenvalue weighted by molar-refractivity contribution is 5.83. The highest BCUT2D eigenvalue weighted by Gasteiger charge is 2.05. The summed E-state index contributed by atoms with van der Waals surface area (Å²) in [6, 6.07) is 11.8. The zero-order chi connectivity index (χ0) is 12.1. The van der Waals surface area contributed by atoms with Gasteiger partial charge in [0.25, 0.3) is 0 Å². The quantitative estimate of drug-likeness (QED) is 0.780. The molecule has 0 spiro atoms. The molecule has 2 rings (SSSR count). The van der Waals surface area contributed by atoms with Crippen LogP contribution in [0.15, 0.2) is 30.3 Å². The van der Waals surface area contributed by atoms with E-state index in [4.69, 9.17) is 11.0 Å². The maximum Gasteiger partial charge on any atom is 0.164 e. The Morgan fingerprint density at radius 3 is 2.94 bits per heavy atom. The molecular formula is C13H14N4. The number of benzene rings is 1. The summed E-state index contributed by atoms with van der Waals surface area (Å²) in [5.74, 6) is 0. The van der Waals surface area contributed by atoms with Gasteiger partial charge in [-0.05, 0) is 25.1 Å². The molecule has 0 amide bonds. The van der Waals surface area contributed by atoms with Crippen molar-refractivity contribution in [3.05, 3.63) is 36.0 Å². The van der Waals surface area contributed by atoms with Gasteiger partial charge >= 0.3 is 0 Å². The molecule has 0 saturated carbocycles. The van der Waals surface area contributed by atoms with Gasteiger partial charge in [0.05, 0.1) is 11.2 Å². The van der Waals surface area contributed by atoms with Crippen molar-refractivity contribution in [3.63, 3.8) is 0 Å². The summed E-state index contributed by atoms with van der Waals surface area (Å²) in [5, 5.41) is 13.3. The van der Waals surface area contributed by atoms with Crippen molar-refractivity contribution in [3.8, 4) is 6.07 Å². The lowest BCUT2D eigenvalue weighted by atomic mass is 10.2. The van der Waals surface area contributed by atoms with Gasteiger partial charge in [0.15, 0.2) is 5.69 Å². The van der Waals surface area contributed by atoms with Crippen LogP contribution in [0.3, 0.4) is 0 Å². The lowest BCUT2D eigenvalue weighted by Crippen LogP contribution is -2.09. The summed E-state index contributed by atoms with van der Waals surface area (Å²) < 4.78 is 0. The van der Waals surface area contributed by atoms with E-state index in [0.717, 1.165) is 29.6 Å².